The molecule has 4 nitrogen and oxygen atoms in total. The Hall–Kier alpha value is -1.17. The fraction of sp³-hybridized carbons (Fsp3) is 0.562. The van der Waals surface area contributed by atoms with Gasteiger partial charge in [0.25, 0.3) is 0 Å². The lowest BCUT2D eigenvalue weighted by Gasteiger charge is -2.37. The predicted octanol–water partition coefficient (Wildman–Crippen LogP) is 1.92. The molecule has 0 bridgehead atoms. The molecule has 0 spiro atoms. The van der Waals surface area contributed by atoms with E-state index in [1.807, 2.05) is 0 Å². The molecule has 1 heterocycles. The van der Waals surface area contributed by atoms with Crippen LogP contribution in [0.1, 0.15) is 25.3 Å². The van der Waals surface area contributed by atoms with Gasteiger partial charge >= 0.3 is 0 Å². The first-order valence-corrected chi connectivity index (χ1v) is 7.53. The van der Waals surface area contributed by atoms with Crippen molar-refractivity contribution in [1.29, 1.82) is 0 Å². The number of likely N-dealkylation sites (tertiary alicyclic amines) is 1. The number of nitrogens with two attached hydrogens (primary N) is 1. The fourth-order valence-corrected chi connectivity index (χ4v) is 2.80. The van der Waals surface area contributed by atoms with Crippen molar-refractivity contribution in [1.82, 2.24) is 10.2 Å². The van der Waals surface area contributed by atoms with E-state index in [2.05, 4.69) is 17.1 Å². The molecule has 1 aromatic carbocycles. The molecule has 1 fully saturated rings. The monoisotopic (exact) mass is 329 g/mol. The summed E-state index contributed by atoms with van der Waals surface area (Å²) in [7, 11) is 0. The third-order valence-electron chi connectivity index (χ3n) is 4.12. The van der Waals surface area contributed by atoms with Gasteiger partial charge < -0.3 is 11.1 Å². The molecule has 6 heteroatoms. The molecule has 2 rings (SSSR count). The predicted molar refractivity (Wildman–Crippen MR) is 88.3 cm³/mol. The van der Waals surface area contributed by atoms with E-state index in [0.717, 1.165) is 24.9 Å². The minimum atomic E-state index is -0.265. The van der Waals surface area contributed by atoms with E-state index < -0.39 is 0 Å². The van der Waals surface area contributed by atoms with Crippen LogP contribution < -0.4 is 11.1 Å². The molecule has 0 aromatic heterocycles. The lowest BCUT2D eigenvalue weighted by Crippen LogP contribution is -2.50. The third kappa shape index (κ3) is 5.55. The average molecular weight is 330 g/mol. The van der Waals surface area contributed by atoms with Crippen LogP contribution in [0.3, 0.4) is 0 Å². The standard InChI is InChI=1S/C16H24FN3O.ClH/c1-12-6-7-20(15(8-12)9-18)11-16(21)19-10-13-2-4-14(17)5-3-13;/h2-5,12,15H,6-11,18H2,1H3,(H,19,21);1H. The van der Waals surface area contributed by atoms with Crippen LogP contribution in [0.4, 0.5) is 4.39 Å². The molecular weight excluding hydrogens is 305 g/mol. The summed E-state index contributed by atoms with van der Waals surface area (Å²) in [5.41, 5.74) is 6.70. The Morgan fingerprint density at radius 3 is 2.73 bits per heavy atom. The summed E-state index contributed by atoms with van der Waals surface area (Å²) in [6.45, 7) is 4.56. The van der Waals surface area contributed by atoms with Gasteiger partial charge in [0.1, 0.15) is 5.82 Å². The van der Waals surface area contributed by atoms with Crippen molar-refractivity contribution < 1.29 is 9.18 Å². The molecule has 1 saturated heterocycles. The van der Waals surface area contributed by atoms with Crippen molar-refractivity contribution in [3.63, 3.8) is 0 Å². The number of amides is 1. The number of halogens is 2. The molecule has 0 aliphatic carbocycles. The van der Waals surface area contributed by atoms with Crippen LogP contribution in [0.15, 0.2) is 24.3 Å². The lowest BCUT2D eigenvalue weighted by molar-refractivity contribution is -0.123. The molecular formula is C16H25ClFN3O. The highest BCUT2D eigenvalue weighted by Gasteiger charge is 2.26. The van der Waals surface area contributed by atoms with E-state index in [-0.39, 0.29) is 24.1 Å². The maximum absolute atomic E-state index is 12.8. The van der Waals surface area contributed by atoms with E-state index in [1.165, 1.54) is 12.1 Å². The number of hydrogen-bond donors (Lipinski definition) is 2. The summed E-state index contributed by atoms with van der Waals surface area (Å²) in [6, 6.07) is 6.46. The minimum absolute atomic E-state index is 0. The Bertz CT molecular complexity index is 469. The number of carbonyl (C=O) groups excluding carboxylic acids is 1. The van der Waals surface area contributed by atoms with Gasteiger partial charge in [-0.1, -0.05) is 19.1 Å². The Balaban J connectivity index is 0.00000242. The smallest absolute Gasteiger partial charge is 0.234 e. The highest BCUT2D eigenvalue weighted by Crippen LogP contribution is 2.21. The molecule has 1 amide bonds. The third-order valence-corrected chi connectivity index (χ3v) is 4.12. The summed E-state index contributed by atoms with van der Waals surface area (Å²) in [6.07, 6.45) is 2.17. The summed E-state index contributed by atoms with van der Waals surface area (Å²) in [5, 5.41) is 2.88. The Kier molecular flexibility index (Phi) is 7.79. The normalized spacial score (nSPS) is 22.0. The quantitative estimate of drug-likeness (QED) is 0.867. The van der Waals surface area contributed by atoms with Gasteiger partial charge in [0.2, 0.25) is 5.91 Å². The maximum atomic E-state index is 12.8. The van der Waals surface area contributed by atoms with Gasteiger partial charge in [0.15, 0.2) is 0 Å². The van der Waals surface area contributed by atoms with Gasteiger partial charge in [-0.3, -0.25) is 9.69 Å². The Morgan fingerprint density at radius 2 is 2.09 bits per heavy atom. The van der Waals surface area contributed by atoms with Crippen LogP contribution in [0.2, 0.25) is 0 Å². The SMILES string of the molecule is CC1CCN(CC(=O)NCc2ccc(F)cc2)C(CN)C1.Cl. The van der Waals surface area contributed by atoms with E-state index >= 15 is 0 Å². The largest absolute Gasteiger partial charge is 0.351 e. The van der Waals surface area contributed by atoms with E-state index in [0.29, 0.717) is 31.6 Å². The molecule has 2 atom stereocenters. The minimum Gasteiger partial charge on any atom is -0.351 e. The van der Waals surface area contributed by atoms with Gasteiger partial charge in [-0.25, -0.2) is 4.39 Å². The second-order valence-corrected chi connectivity index (χ2v) is 5.89. The van der Waals surface area contributed by atoms with Crippen molar-refractivity contribution >= 4 is 18.3 Å². The number of hydrogen-bond acceptors (Lipinski definition) is 3. The van der Waals surface area contributed by atoms with Gasteiger partial charge in [0.05, 0.1) is 6.54 Å². The molecule has 0 saturated carbocycles. The summed E-state index contributed by atoms with van der Waals surface area (Å²) in [4.78, 5) is 14.2. The number of benzene rings is 1. The lowest BCUT2D eigenvalue weighted by atomic mass is 9.92. The number of piperidine rings is 1. The molecule has 0 radical (unpaired) electrons. The number of carbonyl (C=O) groups is 1. The van der Waals surface area contributed by atoms with Gasteiger partial charge in [0, 0.05) is 19.1 Å². The maximum Gasteiger partial charge on any atom is 0.234 e. The van der Waals surface area contributed by atoms with Crippen molar-refractivity contribution in [3.05, 3.63) is 35.6 Å². The van der Waals surface area contributed by atoms with Gasteiger partial charge in [-0.05, 0) is 43.0 Å². The van der Waals surface area contributed by atoms with Crippen LogP contribution >= 0.6 is 12.4 Å². The molecule has 22 heavy (non-hydrogen) atoms. The van der Waals surface area contributed by atoms with E-state index in [9.17, 15) is 9.18 Å². The van der Waals surface area contributed by atoms with Gasteiger partial charge in [-0.15, -0.1) is 12.4 Å². The summed E-state index contributed by atoms with van der Waals surface area (Å²) in [5.74, 6) is 0.405. The molecule has 1 aliphatic rings. The highest BCUT2D eigenvalue weighted by atomic mass is 35.5. The number of nitrogens with zero attached hydrogens (tertiary/aromatic N) is 1. The second-order valence-electron chi connectivity index (χ2n) is 5.89. The van der Waals surface area contributed by atoms with Crippen LogP contribution in [-0.2, 0) is 11.3 Å². The zero-order valence-electron chi connectivity index (χ0n) is 12.9. The zero-order valence-corrected chi connectivity index (χ0v) is 13.7. The zero-order chi connectivity index (χ0) is 15.2. The van der Waals surface area contributed by atoms with Crippen LogP contribution in [0.25, 0.3) is 0 Å². The van der Waals surface area contributed by atoms with Crippen molar-refractivity contribution in [2.24, 2.45) is 11.7 Å². The van der Waals surface area contributed by atoms with Crippen LogP contribution in [-0.4, -0.2) is 36.5 Å². The fourth-order valence-electron chi connectivity index (χ4n) is 2.80. The first-order chi connectivity index (χ1) is 10.1. The first-order valence-electron chi connectivity index (χ1n) is 7.53. The van der Waals surface area contributed by atoms with Crippen molar-refractivity contribution in [2.45, 2.75) is 32.4 Å². The average Bonchev–Trinajstić information content (AvgIpc) is 2.48. The highest BCUT2D eigenvalue weighted by molar-refractivity contribution is 5.85. The number of nitrogens with one attached hydrogen (secondary N) is 1. The summed E-state index contributed by atoms with van der Waals surface area (Å²) < 4.78 is 12.8. The molecule has 124 valence electrons. The van der Waals surface area contributed by atoms with Crippen molar-refractivity contribution in [3.8, 4) is 0 Å². The molecule has 3 N–H and O–H groups in total. The van der Waals surface area contributed by atoms with Crippen molar-refractivity contribution in [2.75, 3.05) is 19.6 Å². The topological polar surface area (TPSA) is 58.4 Å². The second kappa shape index (κ2) is 9.08. The molecule has 2 unspecified atom stereocenters. The first kappa shape index (κ1) is 18.9. The molecule has 1 aromatic rings. The summed E-state index contributed by atoms with van der Waals surface area (Å²) >= 11 is 0. The number of rotatable bonds is 5. The van der Waals surface area contributed by atoms with E-state index in [1.54, 1.807) is 12.1 Å². The Morgan fingerprint density at radius 1 is 1.41 bits per heavy atom. The van der Waals surface area contributed by atoms with Crippen LogP contribution in [0, 0.1) is 11.7 Å². The van der Waals surface area contributed by atoms with Gasteiger partial charge in [-0.2, -0.15) is 0 Å². The Labute approximate surface area is 137 Å². The molecule has 1 aliphatic heterocycles. The van der Waals surface area contributed by atoms with E-state index in [4.69, 9.17) is 5.73 Å². The van der Waals surface area contributed by atoms with Crippen LogP contribution in [0.5, 0.6) is 0 Å².